The van der Waals surface area contributed by atoms with Crippen LogP contribution in [0.3, 0.4) is 0 Å². The van der Waals surface area contributed by atoms with Gasteiger partial charge in [0.1, 0.15) is 11.7 Å². The summed E-state index contributed by atoms with van der Waals surface area (Å²) in [7, 11) is 1.94. The Morgan fingerprint density at radius 3 is 2.53 bits per heavy atom. The summed E-state index contributed by atoms with van der Waals surface area (Å²) in [6.07, 6.45) is -3.23. The average Bonchev–Trinajstić information content (AvgIpc) is 3.00. The van der Waals surface area contributed by atoms with E-state index in [1.165, 1.54) is 36.5 Å². The molecule has 1 fully saturated rings. The minimum Gasteiger partial charge on any atom is -0.368 e. The zero-order valence-electron chi connectivity index (χ0n) is 16.2. The van der Waals surface area contributed by atoms with Crippen LogP contribution >= 0.6 is 0 Å². The number of nitrogens with one attached hydrogen (secondary N) is 1. The van der Waals surface area contributed by atoms with Crippen LogP contribution in [0.4, 0.5) is 34.6 Å². The minimum atomic E-state index is -4.53. The highest BCUT2D eigenvalue weighted by Crippen LogP contribution is 2.39. The van der Waals surface area contributed by atoms with Crippen LogP contribution in [0.2, 0.25) is 0 Å². The van der Waals surface area contributed by atoms with Crippen LogP contribution in [0.1, 0.15) is 17.0 Å². The quantitative estimate of drug-likeness (QED) is 0.603. The van der Waals surface area contributed by atoms with Crippen molar-refractivity contribution >= 4 is 29.2 Å². The smallest absolute Gasteiger partial charge is 0.368 e. The molecule has 30 heavy (non-hydrogen) atoms. The van der Waals surface area contributed by atoms with Gasteiger partial charge in [-0.25, -0.2) is 4.39 Å². The molecule has 0 aromatic heterocycles. The third-order valence-corrected chi connectivity index (χ3v) is 5.39. The number of aliphatic imine (C=N–C) groups is 1. The first kappa shape index (κ1) is 20.3. The number of piperazine rings is 1. The zero-order valence-corrected chi connectivity index (χ0v) is 16.2. The lowest BCUT2D eigenvalue weighted by molar-refractivity contribution is -0.137. The summed E-state index contributed by atoms with van der Waals surface area (Å²) in [4.78, 5) is 20.1. The lowest BCUT2D eigenvalue weighted by atomic mass is 10.0. The highest BCUT2D eigenvalue weighted by Gasteiger charge is 2.36. The largest absolute Gasteiger partial charge is 0.418 e. The lowest BCUT2D eigenvalue weighted by Crippen LogP contribution is -2.45. The number of likely N-dealkylation sites (N-methyl/N-ethyl adjacent to an activating group) is 1. The van der Waals surface area contributed by atoms with E-state index in [9.17, 15) is 22.4 Å². The second kappa shape index (κ2) is 7.71. The normalized spacial score (nSPS) is 20.0. The molecule has 0 spiro atoms. The molecule has 0 radical (unpaired) electrons. The molecule has 5 nitrogen and oxygen atoms in total. The molecule has 4 rings (SSSR count). The maximum atomic E-state index is 13.7. The Bertz CT molecular complexity index is 997. The van der Waals surface area contributed by atoms with Crippen molar-refractivity contribution in [3.63, 3.8) is 0 Å². The van der Waals surface area contributed by atoms with Gasteiger partial charge >= 0.3 is 6.18 Å². The van der Waals surface area contributed by atoms with Gasteiger partial charge in [0, 0.05) is 43.8 Å². The summed E-state index contributed by atoms with van der Waals surface area (Å²) in [6.45, 7) is 2.40. The van der Waals surface area contributed by atoms with Crippen molar-refractivity contribution in [3.05, 3.63) is 53.3 Å². The first-order chi connectivity index (χ1) is 14.2. The molecule has 1 N–H and O–H groups in total. The Hall–Kier alpha value is -2.94. The third-order valence-electron chi connectivity index (χ3n) is 5.39. The van der Waals surface area contributed by atoms with E-state index in [2.05, 4.69) is 15.2 Å². The van der Waals surface area contributed by atoms with Gasteiger partial charge in [0.25, 0.3) is 0 Å². The Labute approximate surface area is 171 Å². The van der Waals surface area contributed by atoms with E-state index in [0.717, 1.165) is 6.07 Å². The van der Waals surface area contributed by atoms with E-state index >= 15 is 0 Å². The van der Waals surface area contributed by atoms with Gasteiger partial charge in [-0.3, -0.25) is 9.79 Å². The number of hydrogen-bond acceptors (Lipinski definition) is 4. The molecule has 1 atom stereocenters. The van der Waals surface area contributed by atoms with Gasteiger partial charge in [0.15, 0.2) is 0 Å². The predicted octanol–water partition coefficient (Wildman–Crippen LogP) is 4.03. The number of rotatable bonds is 3. The highest BCUT2D eigenvalue weighted by molar-refractivity contribution is 6.12. The second-order valence-electron chi connectivity index (χ2n) is 7.47. The fourth-order valence-electron chi connectivity index (χ4n) is 3.72. The molecule has 9 heteroatoms. The maximum absolute atomic E-state index is 13.7. The molecule has 2 heterocycles. The molecule has 1 unspecified atom stereocenters. The topological polar surface area (TPSA) is 47.9 Å². The van der Waals surface area contributed by atoms with Gasteiger partial charge in [-0.2, -0.15) is 13.2 Å². The molecule has 0 aliphatic carbocycles. The number of benzene rings is 2. The van der Waals surface area contributed by atoms with Crippen LogP contribution in [0, 0.1) is 5.82 Å². The van der Waals surface area contributed by atoms with E-state index in [4.69, 9.17) is 0 Å². The Balaban J connectivity index is 1.62. The van der Waals surface area contributed by atoms with Crippen LogP contribution in [0.15, 0.2) is 41.4 Å². The van der Waals surface area contributed by atoms with E-state index in [-0.39, 0.29) is 11.4 Å². The van der Waals surface area contributed by atoms with E-state index in [1.54, 1.807) is 4.90 Å². The first-order valence-corrected chi connectivity index (χ1v) is 9.51. The predicted molar refractivity (Wildman–Crippen MR) is 107 cm³/mol. The minimum absolute atomic E-state index is 0.101. The first-order valence-electron chi connectivity index (χ1n) is 9.51. The van der Waals surface area contributed by atoms with E-state index < -0.39 is 29.4 Å². The van der Waals surface area contributed by atoms with Crippen molar-refractivity contribution in [3.8, 4) is 0 Å². The van der Waals surface area contributed by atoms with Crippen molar-refractivity contribution in [2.45, 2.75) is 12.1 Å². The summed E-state index contributed by atoms with van der Waals surface area (Å²) in [5.74, 6) is -1.67. The monoisotopic (exact) mass is 420 g/mol. The molecule has 0 saturated carbocycles. The van der Waals surface area contributed by atoms with Gasteiger partial charge in [-0.15, -0.1) is 0 Å². The van der Waals surface area contributed by atoms with Crippen LogP contribution in [0.25, 0.3) is 0 Å². The molecule has 1 amide bonds. The number of hydrogen-bond donors (Lipinski definition) is 1. The SMILES string of the molecule is CN1CCN(c2ccc(N=CC3C(=O)Nc4cc(F)ccc43)cc2C(F)(F)F)CC1. The molecule has 2 aromatic carbocycles. The van der Waals surface area contributed by atoms with Crippen LogP contribution in [-0.4, -0.2) is 50.2 Å². The Morgan fingerprint density at radius 1 is 1.10 bits per heavy atom. The van der Waals surface area contributed by atoms with Gasteiger partial charge < -0.3 is 15.1 Å². The van der Waals surface area contributed by atoms with Crippen molar-refractivity contribution in [1.29, 1.82) is 0 Å². The molecular weight excluding hydrogens is 400 g/mol. The molecule has 2 aliphatic heterocycles. The standard InChI is InChI=1S/C21H20F4N4O/c1-28-6-8-29(9-7-28)19-5-3-14(11-17(19)21(23,24)25)26-12-16-15-4-2-13(22)10-18(15)27-20(16)30/h2-5,10-12,16H,6-9H2,1H3,(H,27,30). The van der Waals surface area contributed by atoms with Crippen LogP contribution in [0.5, 0.6) is 0 Å². The number of amides is 1. The van der Waals surface area contributed by atoms with Crippen LogP contribution < -0.4 is 10.2 Å². The maximum Gasteiger partial charge on any atom is 0.418 e. The van der Waals surface area contributed by atoms with E-state index in [0.29, 0.717) is 37.4 Å². The molecule has 0 bridgehead atoms. The van der Waals surface area contributed by atoms with Gasteiger partial charge in [0.05, 0.1) is 11.3 Å². The van der Waals surface area contributed by atoms with Crippen molar-refractivity contribution < 1.29 is 22.4 Å². The fraction of sp³-hybridized carbons (Fsp3) is 0.333. The molecule has 2 aliphatic rings. The number of fused-ring (bicyclic) bond motifs is 1. The Morgan fingerprint density at radius 2 is 1.83 bits per heavy atom. The summed E-state index contributed by atoms with van der Waals surface area (Å²) >= 11 is 0. The van der Waals surface area contributed by atoms with E-state index in [1.807, 2.05) is 7.05 Å². The average molecular weight is 420 g/mol. The number of anilines is 2. The van der Waals surface area contributed by atoms with Gasteiger partial charge in [-0.1, -0.05) is 6.07 Å². The van der Waals surface area contributed by atoms with Crippen molar-refractivity contribution in [2.24, 2.45) is 4.99 Å². The Kier molecular flexibility index (Phi) is 5.23. The second-order valence-corrected chi connectivity index (χ2v) is 7.47. The number of nitrogens with zero attached hydrogens (tertiary/aromatic N) is 3. The zero-order chi connectivity index (χ0) is 21.5. The van der Waals surface area contributed by atoms with Crippen molar-refractivity contribution in [1.82, 2.24) is 4.90 Å². The van der Waals surface area contributed by atoms with Crippen LogP contribution in [-0.2, 0) is 11.0 Å². The number of alkyl halides is 3. The van der Waals surface area contributed by atoms with Gasteiger partial charge in [-0.05, 0) is 42.9 Å². The summed E-state index contributed by atoms with van der Waals surface area (Å²) in [5, 5.41) is 2.56. The number of carbonyl (C=O) groups is 1. The summed E-state index contributed by atoms with van der Waals surface area (Å²) in [5.41, 5.74) is 0.366. The molecule has 1 saturated heterocycles. The summed E-state index contributed by atoms with van der Waals surface area (Å²) < 4.78 is 54.5. The third kappa shape index (κ3) is 4.02. The van der Waals surface area contributed by atoms with Crippen molar-refractivity contribution in [2.75, 3.05) is 43.4 Å². The fourth-order valence-corrected chi connectivity index (χ4v) is 3.72. The number of halogens is 4. The number of carbonyl (C=O) groups excluding carboxylic acids is 1. The summed E-state index contributed by atoms with van der Waals surface area (Å²) in [6, 6.07) is 7.84. The lowest BCUT2D eigenvalue weighted by Gasteiger charge is -2.35. The highest BCUT2D eigenvalue weighted by atomic mass is 19.4. The molecule has 158 valence electrons. The molecular formula is C21H20F4N4O. The molecule has 2 aromatic rings. The van der Waals surface area contributed by atoms with Gasteiger partial charge in [0.2, 0.25) is 5.91 Å².